The van der Waals surface area contributed by atoms with Crippen molar-refractivity contribution in [1.29, 1.82) is 0 Å². The topological polar surface area (TPSA) is 83.5 Å². The van der Waals surface area contributed by atoms with Crippen molar-refractivity contribution in [3.63, 3.8) is 0 Å². The van der Waals surface area contributed by atoms with Crippen molar-refractivity contribution in [3.05, 3.63) is 120 Å². The molecule has 40 heavy (non-hydrogen) atoms. The standard InChI is InChI=1S/C30H19Br2Cl2N3O3/c1-16-7-9-18(10-8-16)30(39)40-28-19(11-20(31)12-23(28)32)15-35-37-29(38)27-25(17-5-3-2-4-6-17)22-13-21(33)14-24(34)26(22)36-27/h2-15,36H,1H3,(H,37,38). The van der Waals surface area contributed by atoms with Crippen LogP contribution in [0.3, 0.4) is 0 Å². The van der Waals surface area contributed by atoms with E-state index in [0.29, 0.717) is 42.1 Å². The summed E-state index contributed by atoms with van der Waals surface area (Å²) < 4.78 is 6.95. The van der Waals surface area contributed by atoms with E-state index in [-0.39, 0.29) is 11.4 Å². The Kier molecular flexibility index (Phi) is 8.42. The van der Waals surface area contributed by atoms with Crippen molar-refractivity contribution in [2.75, 3.05) is 0 Å². The molecule has 1 amide bonds. The fraction of sp³-hybridized carbons (Fsp3) is 0.0333. The molecule has 0 fully saturated rings. The Morgan fingerprint density at radius 1 is 0.975 bits per heavy atom. The third kappa shape index (κ3) is 6.00. The summed E-state index contributed by atoms with van der Waals surface area (Å²) >= 11 is 19.6. The summed E-state index contributed by atoms with van der Waals surface area (Å²) in [5, 5.41) is 5.71. The van der Waals surface area contributed by atoms with Gasteiger partial charge in [-0.1, -0.05) is 87.2 Å². The Hall–Kier alpha value is -3.43. The van der Waals surface area contributed by atoms with Gasteiger partial charge < -0.3 is 9.72 Å². The number of esters is 1. The Labute approximate surface area is 256 Å². The minimum absolute atomic E-state index is 0.254. The van der Waals surface area contributed by atoms with Gasteiger partial charge in [0.15, 0.2) is 5.75 Å². The number of benzene rings is 4. The van der Waals surface area contributed by atoms with E-state index < -0.39 is 11.9 Å². The number of hydrogen-bond acceptors (Lipinski definition) is 4. The Bertz CT molecular complexity index is 1790. The van der Waals surface area contributed by atoms with Gasteiger partial charge in [0.2, 0.25) is 0 Å². The lowest BCUT2D eigenvalue weighted by Crippen LogP contribution is -2.19. The summed E-state index contributed by atoms with van der Waals surface area (Å²) in [5.41, 5.74) is 6.75. The van der Waals surface area contributed by atoms with Crippen LogP contribution in [-0.4, -0.2) is 23.1 Å². The molecule has 0 bridgehead atoms. The first-order valence-corrected chi connectivity index (χ1v) is 14.2. The van der Waals surface area contributed by atoms with Crippen LogP contribution in [0.25, 0.3) is 22.0 Å². The molecule has 0 radical (unpaired) electrons. The number of nitrogens with one attached hydrogen (secondary N) is 2. The van der Waals surface area contributed by atoms with Crippen LogP contribution in [0.2, 0.25) is 10.0 Å². The number of ether oxygens (including phenoxy) is 1. The molecule has 0 atom stereocenters. The molecule has 1 heterocycles. The molecule has 0 unspecified atom stereocenters. The van der Waals surface area contributed by atoms with Gasteiger partial charge in [-0.15, -0.1) is 0 Å². The normalized spacial score (nSPS) is 11.2. The molecule has 5 aromatic rings. The third-order valence-electron chi connectivity index (χ3n) is 6.00. The maximum Gasteiger partial charge on any atom is 0.343 e. The fourth-order valence-electron chi connectivity index (χ4n) is 4.14. The highest BCUT2D eigenvalue weighted by atomic mass is 79.9. The Balaban J connectivity index is 1.46. The summed E-state index contributed by atoms with van der Waals surface area (Å²) in [4.78, 5) is 29.3. The van der Waals surface area contributed by atoms with Crippen molar-refractivity contribution in [2.45, 2.75) is 6.92 Å². The van der Waals surface area contributed by atoms with Gasteiger partial charge in [0.1, 0.15) is 5.69 Å². The molecule has 0 spiro atoms. The van der Waals surface area contributed by atoms with E-state index in [4.69, 9.17) is 27.9 Å². The van der Waals surface area contributed by atoms with Crippen LogP contribution in [0.1, 0.15) is 32.0 Å². The van der Waals surface area contributed by atoms with Crippen LogP contribution < -0.4 is 10.2 Å². The number of aryl methyl sites for hydroxylation is 1. The first-order chi connectivity index (χ1) is 19.2. The van der Waals surface area contributed by atoms with E-state index in [1.165, 1.54) is 6.21 Å². The second-order valence-corrected chi connectivity index (χ2v) is 11.4. The zero-order valence-electron chi connectivity index (χ0n) is 20.8. The van der Waals surface area contributed by atoms with E-state index in [9.17, 15) is 9.59 Å². The smallest absolute Gasteiger partial charge is 0.343 e. The van der Waals surface area contributed by atoms with Gasteiger partial charge in [-0.2, -0.15) is 5.10 Å². The van der Waals surface area contributed by atoms with Gasteiger partial charge in [-0.05, 0) is 64.8 Å². The molecular weight excluding hydrogens is 681 g/mol. The van der Waals surface area contributed by atoms with Crippen LogP contribution in [0.5, 0.6) is 5.75 Å². The van der Waals surface area contributed by atoms with Crippen molar-refractivity contribution in [2.24, 2.45) is 5.10 Å². The number of hydrogen-bond donors (Lipinski definition) is 2. The molecular formula is C30H19Br2Cl2N3O3. The number of rotatable bonds is 6. The van der Waals surface area contributed by atoms with Crippen molar-refractivity contribution in [1.82, 2.24) is 10.4 Å². The molecule has 6 nitrogen and oxygen atoms in total. The molecule has 0 aliphatic rings. The number of H-pyrrole nitrogens is 1. The third-order valence-corrected chi connectivity index (χ3v) is 7.57. The molecule has 0 aliphatic carbocycles. The maximum absolute atomic E-state index is 13.4. The predicted molar refractivity (Wildman–Crippen MR) is 167 cm³/mol. The number of hydrazone groups is 1. The van der Waals surface area contributed by atoms with Gasteiger partial charge in [0.05, 0.1) is 26.8 Å². The molecule has 1 aromatic heterocycles. The number of aromatic amines is 1. The van der Waals surface area contributed by atoms with E-state index >= 15 is 0 Å². The van der Waals surface area contributed by atoms with Gasteiger partial charge >= 0.3 is 5.97 Å². The Morgan fingerprint density at radius 2 is 1.70 bits per heavy atom. The molecule has 10 heteroatoms. The van der Waals surface area contributed by atoms with Gasteiger partial charge in [0, 0.05) is 26.0 Å². The summed E-state index contributed by atoms with van der Waals surface area (Å²) in [6.07, 6.45) is 1.40. The number of fused-ring (bicyclic) bond motifs is 1. The zero-order valence-corrected chi connectivity index (χ0v) is 25.5. The van der Waals surface area contributed by atoms with E-state index in [1.807, 2.05) is 49.4 Å². The Morgan fingerprint density at radius 3 is 2.42 bits per heavy atom. The number of halogens is 4. The summed E-state index contributed by atoms with van der Waals surface area (Å²) in [5.74, 6) is -0.766. The SMILES string of the molecule is Cc1ccc(C(=O)Oc2c(Br)cc(Br)cc2C=NNC(=O)c2[nH]c3c(Cl)cc(Cl)cc3c2-c2ccccc2)cc1. The summed E-state index contributed by atoms with van der Waals surface area (Å²) in [6, 6.07) is 23.3. The lowest BCUT2D eigenvalue weighted by atomic mass is 10.0. The zero-order chi connectivity index (χ0) is 28.4. The van der Waals surface area contributed by atoms with Gasteiger partial charge in [-0.25, -0.2) is 10.2 Å². The summed E-state index contributed by atoms with van der Waals surface area (Å²) in [6.45, 7) is 1.94. The number of carbonyl (C=O) groups is 2. The van der Waals surface area contributed by atoms with Crippen LogP contribution >= 0.6 is 55.1 Å². The van der Waals surface area contributed by atoms with Gasteiger partial charge in [-0.3, -0.25) is 4.79 Å². The molecule has 0 saturated heterocycles. The summed E-state index contributed by atoms with van der Waals surface area (Å²) in [7, 11) is 0. The minimum atomic E-state index is -0.525. The average molecular weight is 700 g/mol. The molecule has 5 rings (SSSR count). The van der Waals surface area contributed by atoms with Gasteiger partial charge in [0.25, 0.3) is 5.91 Å². The first-order valence-electron chi connectivity index (χ1n) is 11.9. The van der Waals surface area contributed by atoms with E-state index in [0.717, 1.165) is 15.6 Å². The minimum Gasteiger partial charge on any atom is -0.421 e. The molecule has 2 N–H and O–H groups in total. The highest BCUT2D eigenvalue weighted by molar-refractivity contribution is 9.11. The molecule has 0 saturated carbocycles. The highest BCUT2D eigenvalue weighted by Gasteiger charge is 2.21. The second-order valence-electron chi connectivity index (χ2n) is 8.81. The number of carbonyl (C=O) groups excluding carboxylic acids is 2. The quantitative estimate of drug-likeness (QED) is 0.0804. The largest absolute Gasteiger partial charge is 0.421 e. The maximum atomic E-state index is 13.4. The average Bonchev–Trinajstić information content (AvgIpc) is 3.31. The monoisotopic (exact) mass is 697 g/mol. The number of nitrogens with zero attached hydrogens (tertiary/aromatic N) is 1. The van der Waals surface area contributed by atoms with Crippen LogP contribution in [-0.2, 0) is 0 Å². The van der Waals surface area contributed by atoms with Crippen molar-refractivity contribution >= 4 is 84.1 Å². The van der Waals surface area contributed by atoms with Crippen LogP contribution in [0, 0.1) is 6.92 Å². The predicted octanol–water partition coefficient (Wildman–Crippen LogP) is 8.96. The second kappa shape index (κ2) is 12.0. The molecule has 200 valence electrons. The van der Waals surface area contributed by atoms with Crippen molar-refractivity contribution < 1.29 is 14.3 Å². The fourth-order valence-corrected chi connectivity index (χ4v) is 6.02. The number of amides is 1. The lowest BCUT2D eigenvalue weighted by molar-refractivity contribution is 0.0733. The van der Waals surface area contributed by atoms with Crippen molar-refractivity contribution in [3.8, 4) is 16.9 Å². The van der Waals surface area contributed by atoms with Crippen LogP contribution in [0.15, 0.2) is 92.9 Å². The van der Waals surface area contributed by atoms with Crippen LogP contribution in [0.4, 0.5) is 0 Å². The van der Waals surface area contributed by atoms with E-state index in [2.05, 4.69) is 47.4 Å². The highest BCUT2D eigenvalue weighted by Crippen LogP contribution is 2.38. The first kappa shape index (κ1) is 28.1. The van der Waals surface area contributed by atoms with E-state index in [1.54, 1.807) is 36.4 Å². The molecule has 4 aromatic carbocycles. The number of aromatic nitrogens is 1. The lowest BCUT2D eigenvalue weighted by Gasteiger charge is -2.11. The molecule has 0 aliphatic heterocycles.